The number of Topliss-reactive ketones (excluding diaryl/α,β-unsaturated/α-hetero) is 1. The molecule has 1 aromatic carbocycles. The van der Waals surface area contributed by atoms with Crippen LogP contribution in [0.3, 0.4) is 0 Å². The van der Waals surface area contributed by atoms with Gasteiger partial charge in [0.05, 0.1) is 37.3 Å². The standard InChI is InChI=1S/C25H30FN5O3S/c1-17-14-20(18(2)31(17)22-8-4-3-7-21(22)26)23(32)16-35-25-28-27-24(29-9-12-33-13-10-29)30(25)15-19-6-5-11-34-19/h3-4,7-8,14,19H,5-6,9-13,15-16H2,1-2H3/t19-/m0/s1. The first-order valence-corrected chi connectivity index (χ1v) is 13.0. The van der Waals surface area contributed by atoms with Gasteiger partial charge >= 0.3 is 0 Å². The van der Waals surface area contributed by atoms with Gasteiger partial charge in [-0.15, -0.1) is 10.2 Å². The number of ketones is 1. The van der Waals surface area contributed by atoms with Gasteiger partial charge in [0.2, 0.25) is 5.95 Å². The number of anilines is 1. The molecule has 35 heavy (non-hydrogen) atoms. The van der Waals surface area contributed by atoms with Crippen molar-refractivity contribution in [3.05, 3.63) is 53.1 Å². The van der Waals surface area contributed by atoms with Gasteiger partial charge in [0.25, 0.3) is 0 Å². The van der Waals surface area contributed by atoms with Crippen LogP contribution in [0.4, 0.5) is 10.3 Å². The molecule has 2 fully saturated rings. The average Bonchev–Trinajstić information content (AvgIpc) is 3.59. The summed E-state index contributed by atoms with van der Waals surface area (Å²) in [5, 5.41) is 9.61. The van der Waals surface area contributed by atoms with Gasteiger partial charge in [-0.1, -0.05) is 23.9 Å². The molecule has 1 atom stereocenters. The van der Waals surface area contributed by atoms with E-state index in [0.29, 0.717) is 36.2 Å². The first-order chi connectivity index (χ1) is 17.0. The molecule has 0 aliphatic carbocycles. The van der Waals surface area contributed by atoms with Gasteiger partial charge in [-0.25, -0.2) is 4.39 Å². The summed E-state index contributed by atoms with van der Waals surface area (Å²) in [4.78, 5) is 15.4. The van der Waals surface area contributed by atoms with E-state index in [9.17, 15) is 9.18 Å². The van der Waals surface area contributed by atoms with Crippen molar-refractivity contribution in [2.24, 2.45) is 0 Å². The van der Waals surface area contributed by atoms with Gasteiger partial charge in [-0.2, -0.15) is 0 Å². The van der Waals surface area contributed by atoms with Gasteiger partial charge in [0.1, 0.15) is 5.82 Å². The van der Waals surface area contributed by atoms with E-state index in [1.54, 1.807) is 22.8 Å². The lowest BCUT2D eigenvalue weighted by molar-refractivity contribution is 0.0942. The average molecular weight is 500 g/mol. The molecule has 0 amide bonds. The van der Waals surface area contributed by atoms with Crippen molar-refractivity contribution < 1.29 is 18.7 Å². The molecule has 8 nitrogen and oxygen atoms in total. The number of hydrogen-bond donors (Lipinski definition) is 0. The third-order valence-corrected chi connectivity index (χ3v) is 7.53. The molecule has 3 aromatic rings. The Bertz CT molecular complexity index is 1200. The van der Waals surface area contributed by atoms with E-state index in [-0.39, 0.29) is 23.5 Å². The maximum absolute atomic E-state index is 14.4. The number of rotatable bonds is 8. The molecular weight excluding hydrogens is 469 g/mol. The van der Waals surface area contributed by atoms with E-state index >= 15 is 0 Å². The highest BCUT2D eigenvalue weighted by molar-refractivity contribution is 7.99. The molecule has 0 saturated carbocycles. The van der Waals surface area contributed by atoms with Crippen LogP contribution in [0.15, 0.2) is 35.5 Å². The van der Waals surface area contributed by atoms with E-state index in [1.165, 1.54) is 17.8 Å². The first kappa shape index (κ1) is 24.0. The SMILES string of the molecule is Cc1cc(C(=O)CSc2nnc(N3CCOCC3)n2C[C@@H]2CCCO2)c(C)n1-c1ccccc1F. The Morgan fingerprint density at radius 1 is 1.17 bits per heavy atom. The van der Waals surface area contributed by atoms with Gasteiger partial charge in [0, 0.05) is 36.6 Å². The van der Waals surface area contributed by atoms with Crippen molar-refractivity contribution in [1.82, 2.24) is 19.3 Å². The Hall–Kier alpha value is -2.69. The monoisotopic (exact) mass is 499 g/mol. The molecule has 10 heteroatoms. The quantitative estimate of drug-likeness (QED) is 0.345. The molecule has 186 valence electrons. The highest BCUT2D eigenvalue weighted by Crippen LogP contribution is 2.28. The largest absolute Gasteiger partial charge is 0.378 e. The summed E-state index contributed by atoms with van der Waals surface area (Å²) in [5.41, 5.74) is 2.59. The van der Waals surface area contributed by atoms with E-state index in [4.69, 9.17) is 9.47 Å². The van der Waals surface area contributed by atoms with Crippen molar-refractivity contribution in [3.8, 4) is 5.69 Å². The zero-order valence-electron chi connectivity index (χ0n) is 20.1. The number of carbonyl (C=O) groups excluding carboxylic acids is 1. The third-order valence-electron chi connectivity index (χ3n) is 6.56. The molecule has 0 unspecified atom stereocenters. The summed E-state index contributed by atoms with van der Waals surface area (Å²) in [6.07, 6.45) is 2.19. The topological polar surface area (TPSA) is 74.4 Å². The summed E-state index contributed by atoms with van der Waals surface area (Å²) >= 11 is 1.38. The van der Waals surface area contributed by atoms with E-state index in [2.05, 4.69) is 19.7 Å². The highest BCUT2D eigenvalue weighted by Gasteiger charge is 2.26. The second kappa shape index (κ2) is 10.5. The number of carbonyl (C=O) groups is 1. The zero-order valence-corrected chi connectivity index (χ0v) is 20.9. The Balaban J connectivity index is 1.36. The number of nitrogens with zero attached hydrogens (tertiary/aromatic N) is 5. The van der Waals surface area contributed by atoms with Crippen LogP contribution in [0.25, 0.3) is 5.69 Å². The summed E-state index contributed by atoms with van der Waals surface area (Å²) in [7, 11) is 0. The lowest BCUT2D eigenvalue weighted by atomic mass is 10.2. The van der Waals surface area contributed by atoms with Crippen LogP contribution < -0.4 is 4.90 Å². The van der Waals surface area contributed by atoms with Crippen molar-refractivity contribution in [3.63, 3.8) is 0 Å². The fraction of sp³-hybridized carbons (Fsp3) is 0.480. The number of aryl methyl sites for hydroxylation is 1. The zero-order chi connectivity index (χ0) is 24.4. The molecule has 5 rings (SSSR count). The minimum Gasteiger partial charge on any atom is -0.378 e. The van der Waals surface area contributed by atoms with Crippen LogP contribution >= 0.6 is 11.8 Å². The van der Waals surface area contributed by atoms with Crippen molar-refractivity contribution in [2.75, 3.05) is 43.6 Å². The predicted octanol–water partition coefficient (Wildman–Crippen LogP) is 3.82. The van der Waals surface area contributed by atoms with Crippen LogP contribution in [0.5, 0.6) is 0 Å². The lowest BCUT2D eigenvalue weighted by Crippen LogP contribution is -2.38. The fourth-order valence-corrected chi connectivity index (χ4v) is 5.62. The molecular formula is C25H30FN5O3S. The normalized spacial score (nSPS) is 18.4. The number of para-hydroxylation sites is 1. The second-order valence-electron chi connectivity index (χ2n) is 8.91. The van der Waals surface area contributed by atoms with Crippen molar-refractivity contribution in [2.45, 2.75) is 44.5 Å². The molecule has 0 bridgehead atoms. The summed E-state index contributed by atoms with van der Waals surface area (Å²) in [6.45, 7) is 8.02. The number of halogens is 1. The predicted molar refractivity (Wildman–Crippen MR) is 132 cm³/mol. The Morgan fingerprint density at radius 3 is 2.71 bits per heavy atom. The first-order valence-electron chi connectivity index (χ1n) is 12.0. The third kappa shape index (κ3) is 5.00. The van der Waals surface area contributed by atoms with Gasteiger partial charge < -0.3 is 18.9 Å². The fourth-order valence-electron chi connectivity index (χ4n) is 4.79. The molecule has 0 radical (unpaired) electrons. The highest BCUT2D eigenvalue weighted by atomic mass is 32.2. The van der Waals surface area contributed by atoms with Crippen LogP contribution in [0.2, 0.25) is 0 Å². The summed E-state index contributed by atoms with van der Waals surface area (Å²) < 4.78 is 29.7. The second-order valence-corrected chi connectivity index (χ2v) is 9.85. The summed E-state index contributed by atoms with van der Waals surface area (Å²) in [5.74, 6) is 0.677. The number of morpholine rings is 1. The van der Waals surface area contributed by atoms with E-state index in [1.807, 2.05) is 19.9 Å². The molecule has 0 N–H and O–H groups in total. The number of benzene rings is 1. The van der Waals surface area contributed by atoms with Crippen LogP contribution in [0.1, 0.15) is 34.6 Å². The minimum atomic E-state index is -0.319. The maximum atomic E-state index is 14.4. The Morgan fingerprint density at radius 2 is 1.97 bits per heavy atom. The number of hydrogen-bond acceptors (Lipinski definition) is 7. The number of ether oxygens (including phenoxy) is 2. The molecule has 2 aromatic heterocycles. The lowest BCUT2D eigenvalue weighted by Gasteiger charge is -2.28. The number of thioether (sulfide) groups is 1. The van der Waals surface area contributed by atoms with Crippen LogP contribution in [-0.4, -0.2) is 69.9 Å². The van der Waals surface area contributed by atoms with Gasteiger partial charge in [-0.05, 0) is 44.9 Å². The molecule has 4 heterocycles. The molecule has 2 saturated heterocycles. The number of aromatic nitrogens is 4. The Labute approximate surface area is 208 Å². The van der Waals surface area contributed by atoms with Crippen molar-refractivity contribution >= 4 is 23.5 Å². The molecule has 2 aliphatic rings. The van der Waals surface area contributed by atoms with E-state index in [0.717, 1.165) is 49.9 Å². The smallest absolute Gasteiger partial charge is 0.228 e. The van der Waals surface area contributed by atoms with Crippen LogP contribution in [0, 0.1) is 19.7 Å². The van der Waals surface area contributed by atoms with Crippen LogP contribution in [-0.2, 0) is 16.0 Å². The van der Waals surface area contributed by atoms with Gasteiger partial charge in [-0.3, -0.25) is 9.36 Å². The molecule has 0 spiro atoms. The Kier molecular flexibility index (Phi) is 7.22. The van der Waals surface area contributed by atoms with E-state index < -0.39 is 0 Å². The molecule has 2 aliphatic heterocycles. The summed E-state index contributed by atoms with van der Waals surface area (Å²) in [6, 6.07) is 8.44. The van der Waals surface area contributed by atoms with Crippen molar-refractivity contribution in [1.29, 1.82) is 0 Å². The van der Waals surface area contributed by atoms with Gasteiger partial charge in [0.15, 0.2) is 10.9 Å². The minimum absolute atomic E-state index is 0.0229. The maximum Gasteiger partial charge on any atom is 0.228 e.